The quantitative estimate of drug-likeness (QED) is 0.640. The summed E-state index contributed by atoms with van der Waals surface area (Å²) >= 11 is 6.05. The smallest absolute Gasteiger partial charge is 0.340 e. The van der Waals surface area contributed by atoms with Crippen LogP contribution in [0.3, 0.4) is 0 Å². The molecule has 156 valence electrons. The van der Waals surface area contributed by atoms with E-state index in [1.54, 1.807) is 0 Å². The molecule has 2 rings (SSSR count). The maximum atomic E-state index is 12.8. The van der Waals surface area contributed by atoms with Crippen LogP contribution >= 0.6 is 11.6 Å². The molecule has 1 aromatic carbocycles. The Kier molecular flexibility index (Phi) is 8.27. The number of halogens is 1. The van der Waals surface area contributed by atoms with Crippen LogP contribution in [0, 0.1) is 5.92 Å². The highest BCUT2D eigenvalue weighted by Gasteiger charge is 2.27. The van der Waals surface area contributed by atoms with Gasteiger partial charge in [0.1, 0.15) is 0 Å². The number of hydrogen-bond acceptors (Lipinski definition) is 5. The second-order valence-electron chi connectivity index (χ2n) is 7.22. The first-order chi connectivity index (χ1) is 13.2. The zero-order chi connectivity index (χ0) is 20.7. The Balaban J connectivity index is 2.04. The molecule has 0 saturated carbocycles. The molecule has 0 aromatic heterocycles. The van der Waals surface area contributed by atoms with Gasteiger partial charge in [-0.3, -0.25) is 4.79 Å². The van der Waals surface area contributed by atoms with Crippen LogP contribution in [-0.4, -0.2) is 50.8 Å². The van der Waals surface area contributed by atoms with Gasteiger partial charge in [-0.15, -0.1) is 0 Å². The van der Waals surface area contributed by atoms with Gasteiger partial charge in [-0.1, -0.05) is 31.9 Å². The SMILES string of the molecule is CC(C)CCNC(=O)COC(=O)c1cc(S(=O)(=O)N2CCCCC2)ccc1Cl. The molecule has 0 spiro atoms. The Hall–Kier alpha value is -1.64. The fraction of sp³-hybridized carbons (Fsp3) is 0.579. The van der Waals surface area contributed by atoms with Gasteiger partial charge in [-0.25, -0.2) is 13.2 Å². The second-order valence-corrected chi connectivity index (χ2v) is 9.56. The molecule has 1 heterocycles. The zero-order valence-electron chi connectivity index (χ0n) is 16.2. The van der Waals surface area contributed by atoms with E-state index in [1.165, 1.54) is 22.5 Å². The summed E-state index contributed by atoms with van der Waals surface area (Å²) in [5.74, 6) is -0.798. The number of nitrogens with zero attached hydrogens (tertiary/aromatic N) is 1. The number of benzene rings is 1. The third-order valence-corrected chi connectivity index (χ3v) is 6.71. The maximum Gasteiger partial charge on any atom is 0.340 e. The predicted octanol–water partition coefficient (Wildman–Crippen LogP) is 2.83. The molecule has 1 aliphatic rings. The Morgan fingerprint density at radius 3 is 2.54 bits per heavy atom. The minimum Gasteiger partial charge on any atom is -0.452 e. The molecule has 28 heavy (non-hydrogen) atoms. The van der Waals surface area contributed by atoms with Crippen molar-refractivity contribution in [3.63, 3.8) is 0 Å². The third-order valence-electron chi connectivity index (χ3n) is 4.49. The molecule has 1 saturated heterocycles. The standard InChI is InChI=1S/C19H27ClN2O5S/c1-14(2)8-9-21-18(23)13-27-19(24)16-12-15(6-7-17(16)20)28(25,26)22-10-4-3-5-11-22/h6-7,12,14H,3-5,8-11,13H2,1-2H3,(H,21,23). The van der Waals surface area contributed by atoms with E-state index in [2.05, 4.69) is 5.32 Å². The molecule has 0 radical (unpaired) electrons. The monoisotopic (exact) mass is 430 g/mol. The first kappa shape index (κ1) is 22.6. The van der Waals surface area contributed by atoms with E-state index in [9.17, 15) is 18.0 Å². The average Bonchev–Trinajstić information content (AvgIpc) is 2.66. The summed E-state index contributed by atoms with van der Waals surface area (Å²) in [4.78, 5) is 24.1. The highest BCUT2D eigenvalue weighted by molar-refractivity contribution is 7.89. The number of carbonyl (C=O) groups is 2. The molecule has 7 nitrogen and oxygen atoms in total. The topological polar surface area (TPSA) is 92.8 Å². The fourth-order valence-electron chi connectivity index (χ4n) is 2.84. The largest absolute Gasteiger partial charge is 0.452 e. The lowest BCUT2D eigenvalue weighted by atomic mass is 10.1. The lowest BCUT2D eigenvalue weighted by Crippen LogP contribution is -2.35. The summed E-state index contributed by atoms with van der Waals surface area (Å²) < 4.78 is 32.0. The lowest BCUT2D eigenvalue weighted by Gasteiger charge is -2.26. The van der Waals surface area contributed by atoms with Crippen LogP contribution in [-0.2, 0) is 19.6 Å². The van der Waals surface area contributed by atoms with Crippen LogP contribution in [0.25, 0.3) is 0 Å². The Labute approximate surface area is 171 Å². The highest BCUT2D eigenvalue weighted by atomic mass is 35.5. The lowest BCUT2D eigenvalue weighted by molar-refractivity contribution is -0.124. The van der Waals surface area contributed by atoms with E-state index in [0.29, 0.717) is 25.6 Å². The number of esters is 1. The van der Waals surface area contributed by atoms with Crippen molar-refractivity contribution in [2.24, 2.45) is 5.92 Å². The van der Waals surface area contributed by atoms with Crippen molar-refractivity contribution in [2.75, 3.05) is 26.2 Å². The van der Waals surface area contributed by atoms with Crippen LogP contribution < -0.4 is 5.32 Å². The molecule has 0 atom stereocenters. The number of carbonyl (C=O) groups excluding carboxylic acids is 2. The molecule has 9 heteroatoms. The van der Waals surface area contributed by atoms with Gasteiger partial charge in [0.25, 0.3) is 5.91 Å². The molecule has 1 N–H and O–H groups in total. The average molecular weight is 431 g/mol. The van der Waals surface area contributed by atoms with Gasteiger partial charge in [0.2, 0.25) is 10.0 Å². The van der Waals surface area contributed by atoms with Gasteiger partial charge in [0.05, 0.1) is 15.5 Å². The minimum atomic E-state index is -3.70. The zero-order valence-corrected chi connectivity index (χ0v) is 17.8. The summed E-state index contributed by atoms with van der Waals surface area (Å²) in [6.07, 6.45) is 3.45. The van der Waals surface area contributed by atoms with Crippen molar-refractivity contribution < 1.29 is 22.7 Å². The van der Waals surface area contributed by atoms with Crippen LogP contribution in [0.4, 0.5) is 0 Å². The second kappa shape index (κ2) is 10.2. The van der Waals surface area contributed by atoms with E-state index in [4.69, 9.17) is 16.3 Å². The Morgan fingerprint density at radius 2 is 1.89 bits per heavy atom. The number of amides is 1. The molecule has 0 aliphatic carbocycles. The van der Waals surface area contributed by atoms with E-state index in [0.717, 1.165) is 25.7 Å². The van der Waals surface area contributed by atoms with Gasteiger partial charge in [-0.2, -0.15) is 4.31 Å². The van der Waals surface area contributed by atoms with Gasteiger partial charge in [0, 0.05) is 19.6 Å². The van der Waals surface area contributed by atoms with Crippen LogP contribution in [0.5, 0.6) is 0 Å². The highest BCUT2D eigenvalue weighted by Crippen LogP contribution is 2.25. The first-order valence-corrected chi connectivity index (χ1v) is 11.3. The normalized spacial score (nSPS) is 15.4. The molecular formula is C19H27ClN2O5S. The predicted molar refractivity (Wildman–Crippen MR) is 107 cm³/mol. The summed E-state index contributed by atoms with van der Waals surface area (Å²) in [6, 6.07) is 3.95. The number of hydrogen-bond donors (Lipinski definition) is 1. The fourth-order valence-corrected chi connectivity index (χ4v) is 4.57. The van der Waals surface area contributed by atoms with Crippen molar-refractivity contribution in [1.29, 1.82) is 0 Å². The van der Waals surface area contributed by atoms with Gasteiger partial charge in [0.15, 0.2) is 6.61 Å². The van der Waals surface area contributed by atoms with Crippen LogP contribution in [0.15, 0.2) is 23.1 Å². The number of ether oxygens (including phenoxy) is 1. The van der Waals surface area contributed by atoms with E-state index in [-0.39, 0.29) is 15.5 Å². The number of piperidine rings is 1. The number of rotatable bonds is 8. The molecule has 1 aromatic rings. The van der Waals surface area contributed by atoms with Crippen LogP contribution in [0.2, 0.25) is 5.02 Å². The first-order valence-electron chi connectivity index (χ1n) is 9.45. The van der Waals surface area contributed by atoms with E-state index in [1.807, 2.05) is 13.8 Å². The van der Waals surface area contributed by atoms with Crippen LogP contribution in [0.1, 0.15) is 49.9 Å². The molecule has 1 fully saturated rings. The Bertz CT molecular complexity index is 805. The summed E-state index contributed by atoms with van der Waals surface area (Å²) in [5.41, 5.74) is -0.0743. The third kappa shape index (κ3) is 6.18. The minimum absolute atomic E-state index is 0.00728. The van der Waals surface area contributed by atoms with E-state index < -0.39 is 28.5 Å². The number of sulfonamides is 1. The van der Waals surface area contributed by atoms with E-state index >= 15 is 0 Å². The molecule has 0 bridgehead atoms. The number of nitrogens with one attached hydrogen (secondary N) is 1. The summed E-state index contributed by atoms with van der Waals surface area (Å²) in [5, 5.41) is 2.73. The molecule has 1 amide bonds. The van der Waals surface area contributed by atoms with Gasteiger partial charge in [-0.05, 0) is 43.4 Å². The van der Waals surface area contributed by atoms with Crippen molar-refractivity contribution >= 4 is 33.5 Å². The summed E-state index contributed by atoms with van der Waals surface area (Å²) in [6.45, 7) is 5.05. The van der Waals surface area contributed by atoms with Crippen molar-refractivity contribution in [3.8, 4) is 0 Å². The molecular weight excluding hydrogens is 404 g/mol. The Morgan fingerprint density at radius 1 is 1.21 bits per heavy atom. The summed E-state index contributed by atoms with van der Waals surface area (Å²) in [7, 11) is -3.70. The maximum absolute atomic E-state index is 12.8. The molecule has 0 unspecified atom stereocenters. The van der Waals surface area contributed by atoms with Gasteiger partial charge < -0.3 is 10.1 Å². The van der Waals surface area contributed by atoms with Crippen molar-refractivity contribution in [1.82, 2.24) is 9.62 Å². The van der Waals surface area contributed by atoms with Crippen molar-refractivity contribution in [3.05, 3.63) is 28.8 Å². The van der Waals surface area contributed by atoms with Gasteiger partial charge >= 0.3 is 5.97 Å². The molecule has 1 aliphatic heterocycles. The van der Waals surface area contributed by atoms with Crippen molar-refractivity contribution in [2.45, 2.75) is 44.4 Å².